The highest BCUT2D eigenvalue weighted by atomic mass is 35.5. The van der Waals surface area contributed by atoms with Crippen LogP contribution in [0, 0.1) is 10.1 Å². The van der Waals surface area contributed by atoms with Gasteiger partial charge < -0.3 is 5.32 Å². The fourth-order valence-corrected chi connectivity index (χ4v) is 2.85. The minimum atomic E-state index is -4.67. The highest BCUT2D eigenvalue weighted by Crippen LogP contribution is 2.31. The molecule has 144 valence electrons. The second kappa shape index (κ2) is 8.36. The minimum Gasteiger partial charge on any atom is -0.330 e. The average molecular weight is 435 g/mol. The zero-order chi connectivity index (χ0) is 20.2. The van der Waals surface area contributed by atoms with E-state index in [2.05, 4.69) is 20.6 Å². The van der Waals surface area contributed by atoms with Gasteiger partial charge in [0.05, 0.1) is 9.95 Å². The molecule has 0 bridgehead atoms. The van der Waals surface area contributed by atoms with Gasteiger partial charge in [-0.15, -0.1) is 10.2 Å². The number of halogens is 1. The summed E-state index contributed by atoms with van der Waals surface area (Å²) >= 11 is 7.36. The predicted molar refractivity (Wildman–Crippen MR) is 97.7 cm³/mol. The van der Waals surface area contributed by atoms with Crippen LogP contribution in [0.3, 0.4) is 0 Å². The van der Waals surface area contributed by atoms with E-state index in [9.17, 15) is 10.1 Å². The predicted octanol–water partition coefficient (Wildman–Crippen LogP) is 2.59. The number of hydrogen-bond donors (Lipinski definition) is 3. The van der Waals surface area contributed by atoms with Crippen molar-refractivity contribution in [2.75, 3.05) is 5.32 Å². The average Bonchev–Trinajstić information content (AvgIpc) is 3.12. The monoisotopic (exact) mass is 434 g/mol. The van der Waals surface area contributed by atoms with Gasteiger partial charge in [0, 0.05) is 31.1 Å². The summed E-state index contributed by atoms with van der Waals surface area (Å²) in [5.74, 6) is 0. The molecule has 3 aromatic rings. The first kappa shape index (κ1) is 20.7. The van der Waals surface area contributed by atoms with Crippen molar-refractivity contribution in [3.05, 3.63) is 45.6 Å². The molecule has 0 aliphatic carbocycles. The number of nitrogens with one attached hydrogen (secondary N) is 1. The zero-order valence-corrected chi connectivity index (χ0v) is 15.7. The first-order valence-corrected chi connectivity index (χ1v) is 9.36. The van der Waals surface area contributed by atoms with Crippen molar-refractivity contribution in [3.8, 4) is 10.7 Å². The first-order chi connectivity index (χ1) is 12.5. The number of nitrogens with zero attached hydrogens (tertiary/aromatic N) is 5. The summed E-state index contributed by atoms with van der Waals surface area (Å²) < 4.78 is 33.2. The van der Waals surface area contributed by atoms with E-state index in [1.165, 1.54) is 23.5 Å². The number of nitro benzene ring substituents is 1. The summed E-state index contributed by atoms with van der Waals surface area (Å²) in [5.41, 5.74) is 1.28. The van der Waals surface area contributed by atoms with Gasteiger partial charge in [0.15, 0.2) is 5.01 Å². The van der Waals surface area contributed by atoms with E-state index in [1.54, 1.807) is 30.1 Å². The van der Waals surface area contributed by atoms with Crippen LogP contribution in [-0.4, -0.2) is 42.4 Å². The van der Waals surface area contributed by atoms with E-state index in [-0.39, 0.29) is 5.69 Å². The lowest BCUT2D eigenvalue weighted by atomic mass is 10.3. The maximum absolute atomic E-state index is 10.6. The largest absolute Gasteiger partial charge is 0.394 e. The number of benzene rings is 1. The summed E-state index contributed by atoms with van der Waals surface area (Å²) in [6.07, 6.45) is 1.68. The molecule has 15 heteroatoms. The van der Waals surface area contributed by atoms with Crippen LogP contribution in [0.2, 0.25) is 5.02 Å². The summed E-state index contributed by atoms with van der Waals surface area (Å²) in [4.78, 5) is 10.2. The van der Waals surface area contributed by atoms with Crippen LogP contribution >= 0.6 is 22.9 Å². The third-order valence-corrected chi connectivity index (χ3v) is 3.86. The third kappa shape index (κ3) is 6.54. The van der Waals surface area contributed by atoms with E-state index in [0.29, 0.717) is 26.5 Å². The second-order valence-corrected chi connectivity index (χ2v) is 7.07. The quantitative estimate of drug-likeness (QED) is 0.314. The molecule has 0 fully saturated rings. The molecule has 3 rings (SSSR count). The summed E-state index contributed by atoms with van der Waals surface area (Å²) in [6.45, 7) is 0. The number of aromatic nitrogens is 4. The Balaban J connectivity index is 0.000000465. The van der Waals surface area contributed by atoms with E-state index in [4.69, 9.17) is 29.1 Å². The molecule has 0 saturated heterocycles. The Kier molecular flexibility index (Phi) is 6.40. The lowest BCUT2D eigenvalue weighted by molar-refractivity contribution is -0.384. The van der Waals surface area contributed by atoms with Crippen LogP contribution in [0.25, 0.3) is 10.7 Å². The smallest absolute Gasteiger partial charge is 0.330 e. The van der Waals surface area contributed by atoms with Crippen molar-refractivity contribution in [1.82, 2.24) is 20.0 Å². The number of nitro groups is 1. The third-order valence-electron chi connectivity index (χ3n) is 2.74. The Hall–Kier alpha value is -2.65. The molecule has 0 spiro atoms. The van der Waals surface area contributed by atoms with Gasteiger partial charge >= 0.3 is 10.4 Å². The van der Waals surface area contributed by atoms with Gasteiger partial charge in [0.2, 0.25) is 5.13 Å². The van der Waals surface area contributed by atoms with Crippen molar-refractivity contribution >= 4 is 49.8 Å². The van der Waals surface area contributed by atoms with Gasteiger partial charge in [-0.3, -0.25) is 23.9 Å². The topological polar surface area (TPSA) is 173 Å². The van der Waals surface area contributed by atoms with E-state index < -0.39 is 15.3 Å². The van der Waals surface area contributed by atoms with Gasteiger partial charge in [-0.05, 0) is 12.1 Å². The van der Waals surface area contributed by atoms with Crippen LogP contribution in [0.1, 0.15) is 0 Å². The fraction of sp³-hybridized carbons (Fsp3) is 0.0833. The molecule has 0 saturated carbocycles. The number of rotatable bonds is 4. The maximum atomic E-state index is 10.6. The number of non-ortho nitro benzene ring substituents is 1. The number of aryl methyl sites for hydroxylation is 1. The maximum Gasteiger partial charge on any atom is 0.394 e. The van der Waals surface area contributed by atoms with E-state index in [0.717, 1.165) is 0 Å². The molecule has 0 unspecified atom stereocenters. The lowest BCUT2D eigenvalue weighted by Gasteiger charge is -2.00. The van der Waals surface area contributed by atoms with Crippen LogP contribution in [-0.2, 0) is 17.4 Å². The molecule has 2 heterocycles. The highest BCUT2D eigenvalue weighted by Gasteiger charge is 2.14. The SMILES string of the molecule is Cn1cc(Cl)c(-c2nnc(Nc3ccc([N+](=O)[O-])cc3)s2)n1.O=S(=O)(O)O. The summed E-state index contributed by atoms with van der Waals surface area (Å²) in [7, 11) is -2.90. The first-order valence-electron chi connectivity index (χ1n) is 6.77. The fourth-order valence-electron chi connectivity index (χ4n) is 1.76. The molecule has 27 heavy (non-hydrogen) atoms. The molecular weight excluding hydrogens is 424 g/mol. The lowest BCUT2D eigenvalue weighted by Crippen LogP contribution is -1.91. The molecule has 0 aliphatic rings. The molecule has 3 N–H and O–H groups in total. The van der Waals surface area contributed by atoms with E-state index in [1.807, 2.05) is 0 Å². The van der Waals surface area contributed by atoms with Crippen LogP contribution < -0.4 is 5.32 Å². The van der Waals surface area contributed by atoms with Crippen molar-refractivity contribution in [3.63, 3.8) is 0 Å². The molecule has 0 aliphatic heterocycles. The molecule has 12 nitrogen and oxygen atoms in total. The van der Waals surface area contributed by atoms with Gasteiger partial charge in [0.1, 0.15) is 5.69 Å². The molecule has 1 aromatic carbocycles. The summed E-state index contributed by atoms with van der Waals surface area (Å²) in [5, 5.41) is 27.6. The second-order valence-electron chi connectivity index (χ2n) is 4.79. The Morgan fingerprint density at radius 1 is 1.26 bits per heavy atom. The van der Waals surface area contributed by atoms with Crippen molar-refractivity contribution in [2.24, 2.45) is 7.05 Å². The Morgan fingerprint density at radius 2 is 1.85 bits per heavy atom. The highest BCUT2D eigenvalue weighted by molar-refractivity contribution is 7.79. The normalized spacial score (nSPS) is 10.8. The molecule has 0 atom stereocenters. The minimum absolute atomic E-state index is 0.0313. The molecule has 0 amide bonds. The zero-order valence-electron chi connectivity index (χ0n) is 13.3. The van der Waals surface area contributed by atoms with Crippen LogP contribution in [0.15, 0.2) is 30.5 Å². The van der Waals surface area contributed by atoms with Crippen LogP contribution in [0.5, 0.6) is 0 Å². The molecule has 0 radical (unpaired) electrons. The Bertz CT molecular complexity index is 1040. The van der Waals surface area contributed by atoms with Crippen molar-refractivity contribution < 1.29 is 22.4 Å². The molecule has 2 aromatic heterocycles. The van der Waals surface area contributed by atoms with Gasteiger partial charge in [0.25, 0.3) is 5.69 Å². The Morgan fingerprint density at radius 3 is 2.33 bits per heavy atom. The standard InChI is InChI=1S/C12H9ClN6O2S.H2O4S/c1-18-6-9(13)10(17-18)11-15-16-12(22-11)14-7-2-4-8(5-3-7)19(20)21;1-5(2,3)4/h2-6H,1H3,(H,14,16);(H2,1,2,3,4). The summed E-state index contributed by atoms with van der Waals surface area (Å²) in [6, 6.07) is 6.04. The van der Waals surface area contributed by atoms with Crippen molar-refractivity contribution in [2.45, 2.75) is 0 Å². The Labute approximate surface area is 161 Å². The molecular formula is C12H11ClN6O6S2. The number of anilines is 2. The van der Waals surface area contributed by atoms with E-state index >= 15 is 0 Å². The van der Waals surface area contributed by atoms with Gasteiger partial charge in [-0.25, -0.2) is 0 Å². The van der Waals surface area contributed by atoms with Crippen LogP contribution in [0.4, 0.5) is 16.5 Å². The number of hydrogen-bond acceptors (Lipinski definition) is 9. The van der Waals surface area contributed by atoms with Gasteiger partial charge in [-0.1, -0.05) is 22.9 Å². The van der Waals surface area contributed by atoms with Crippen molar-refractivity contribution in [1.29, 1.82) is 0 Å². The van der Waals surface area contributed by atoms with Gasteiger partial charge in [-0.2, -0.15) is 13.5 Å².